The second-order valence-electron chi connectivity index (χ2n) is 18.9. The van der Waals surface area contributed by atoms with Crippen LogP contribution in [0.3, 0.4) is 0 Å². The third kappa shape index (κ3) is 7.72. The first kappa shape index (κ1) is 40.7. The van der Waals surface area contributed by atoms with Crippen molar-refractivity contribution in [2.45, 2.75) is 84.4 Å². The number of para-hydroxylation sites is 1. The lowest BCUT2D eigenvalue weighted by molar-refractivity contribution is -0.247. The molecular formula is C46H55N7O6S. The van der Waals surface area contributed by atoms with E-state index in [0.717, 1.165) is 71.2 Å². The van der Waals surface area contributed by atoms with Gasteiger partial charge in [0.2, 0.25) is 0 Å². The zero-order valence-corrected chi connectivity index (χ0v) is 35.5. The number of hydrogen-bond donors (Lipinski definition) is 5. The fourth-order valence-electron chi connectivity index (χ4n) is 12.3. The number of rotatable bonds is 15. The van der Waals surface area contributed by atoms with E-state index in [4.69, 9.17) is 14.8 Å². The number of hydrogen-bond acceptors (Lipinski definition) is 11. The van der Waals surface area contributed by atoms with Gasteiger partial charge in [-0.2, -0.15) is 5.10 Å². The van der Waals surface area contributed by atoms with E-state index in [2.05, 4.69) is 34.1 Å². The van der Waals surface area contributed by atoms with Crippen molar-refractivity contribution in [2.75, 3.05) is 49.7 Å². The van der Waals surface area contributed by atoms with Crippen molar-refractivity contribution in [2.24, 2.45) is 22.2 Å². The number of carbonyl (C=O) groups is 2. The predicted octanol–water partition coefficient (Wildman–Crippen LogP) is 6.70. The molecule has 0 spiro atoms. The summed E-state index contributed by atoms with van der Waals surface area (Å²) in [5.74, 6) is -0.960. The van der Waals surface area contributed by atoms with Crippen molar-refractivity contribution in [1.29, 1.82) is 0 Å². The summed E-state index contributed by atoms with van der Waals surface area (Å²) in [4.78, 5) is 38.0. The van der Waals surface area contributed by atoms with Crippen molar-refractivity contribution in [3.8, 4) is 11.1 Å². The number of fused-ring (bicyclic) bond motifs is 2. The number of aliphatic hydroxyl groups is 2. The number of nitrogens with zero attached hydrogens (tertiary/aromatic N) is 5. The van der Waals surface area contributed by atoms with E-state index in [9.17, 15) is 24.9 Å². The van der Waals surface area contributed by atoms with E-state index in [1.54, 1.807) is 6.20 Å². The Labute approximate surface area is 354 Å². The average molecular weight is 834 g/mol. The molecular weight excluding hydrogens is 779 g/mol. The molecule has 2 aromatic carbocycles. The molecule has 5 aliphatic rings. The molecule has 4 saturated carbocycles. The Morgan fingerprint density at radius 2 is 1.72 bits per heavy atom. The van der Waals surface area contributed by atoms with Crippen LogP contribution in [0.2, 0.25) is 0 Å². The lowest BCUT2D eigenvalue weighted by Crippen LogP contribution is -2.64. The van der Waals surface area contributed by atoms with Gasteiger partial charge in [0.05, 0.1) is 28.6 Å². The van der Waals surface area contributed by atoms with Crippen molar-refractivity contribution >= 4 is 44.4 Å². The molecule has 60 heavy (non-hydrogen) atoms. The van der Waals surface area contributed by atoms with Gasteiger partial charge in [-0.05, 0) is 110 Å². The number of ether oxygens (including phenoxy) is 1. The third-order valence-corrected chi connectivity index (χ3v) is 14.6. The van der Waals surface area contributed by atoms with Crippen molar-refractivity contribution < 1.29 is 29.6 Å². The summed E-state index contributed by atoms with van der Waals surface area (Å²) in [6.07, 6.45) is 8.90. The van der Waals surface area contributed by atoms with Crippen LogP contribution in [0, 0.1) is 29.1 Å². The second-order valence-corrected chi connectivity index (χ2v) is 19.9. The van der Waals surface area contributed by atoms with Gasteiger partial charge in [-0.3, -0.25) is 14.8 Å². The Morgan fingerprint density at radius 3 is 2.47 bits per heavy atom. The summed E-state index contributed by atoms with van der Waals surface area (Å²) in [7, 11) is 0. The van der Waals surface area contributed by atoms with Gasteiger partial charge in [0, 0.05) is 74.2 Å². The van der Waals surface area contributed by atoms with Crippen molar-refractivity contribution in [1.82, 2.24) is 25.1 Å². The fraction of sp³-hybridized carbons (Fsp3) is 0.500. The zero-order valence-electron chi connectivity index (χ0n) is 34.7. The van der Waals surface area contributed by atoms with Crippen LogP contribution in [0.5, 0.6) is 0 Å². The van der Waals surface area contributed by atoms with Crippen LogP contribution in [0.1, 0.15) is 90.0 Å². The highest BCUT2D eigenvalue weighted by Crippen LogP contribution is 2.72. The smallest absolute Gasteiger partial charge is 0.355 e. The molecule has 2 unspecified atom stereocenters. The Balaban J connectivity index is 0.925. The Kier molecular flexibility index (Phi) is 10.6. The largest absolute Gasteiger partial charge is 0.476 e. The molecule has 5 aromatic rings. The van der Waals surface area contributed by atoms with Crippen LogP contribution in [-0.2, 0) is 24.2 Å². The van der Waals surface area contributed by atoms with Crippen LogP contribution < -0.4 is 15.5 Å². The highest BCUT2D eigenvalue weighted by molar-refractivity contribution is 7.22. The lowest BCUT2D eigenvalue weighted by atomic mass is 9.39. The molecule has 14 heteroatoms. The molecule has 13 nitrogen and oxygen atoms in total. The normalized spacial score (nSPS) is 25.6. The number of aromatic nitrogens is 4. The molecule has 4 bridgehead atoms. The molecule has 2 atom stereocenters. The number of nitrogens with one attached hydrogen (secondary N) is 2. The van der Waals surface area contributed by atoms with Crippen LogP contribution >= 0.6 is 11.3 Å². The second kappa shape index (κ2) is 15.6. The maximum atomic E-state index is 13.6. The number of carboxylic acids is 1. The molecule has 3 aromatic heterocycles. The Bertz CT molecular complexity index is 2390. The summed E-state index contributed by atoms with van der Waals surface area (Å²) in [6.45, 7) is 10.3. The van der Waals surface area contributed by atoms with Gasteiger partial charge in [-0.1, -0.05) is 49.4 Å². The summed E-state index contributed by atoms with van der Waals surface area (Å²) in [5, 5.41) is 41.2. The molecule has 10 rings (SSSR count). The molecule has 5 N–H and O–H groups in total. The van der Waals surface area contributed by atoms with Gasteiger partial charge in [0.1, 0.15) is 5.82 Å². The zero-order chi connectivity index (χ0) is 41.9. The third-order valence-electron chi connectivity index (χ3n) is 13.6. The number of aliphatic hydroxyl groups excluding tert-OH is 2. The summed E-state index contributed by atoms with van der Waals surface area (Å²) in [6, 6.07) is 17.3. The maximum absolute atomic E-state index is 13.6. The maximum Gasteiger partial charge on any atom is 0.355 e. The van der Waals surface area contributed by atoms with Gasteiger partial charge in [0.15, 0.2) is 10.8 Å². The highest BCUT2D eigenvalue weighted by Gasteiger charge is 2.66. The number of carboxylic acid groups (broad SMARTS) is 1. The molecule has 0 radical (unpaired) electrons. The topological polar surface area (TPSA) is 175 Å². The van der Waals surface area contributed by atoms with Gasteiger partial charge < -0.3 is 30.3 Å². The van der Waals surface area contributed by atoms with E-state index in [1.807, 2.05) is 66.4 Å². The van der Waals surface area contributed by atoms with Crippen molar-refractivity contribution in [3.05, 3.63) is 88.9 Å². The standard InChI is InChI=1S/C46H55N7O6S/c1-29-34(18-48-53(29)28-45-23-43(2)22-44(3,24-45)26-46(25-43,27-45)59-16-14-47-17-30(20-54)21-55)32-11-12-38(50-39(32)41(57)58)52-15-13-31-7-6-8-33(35(31)19-52)40(56)51-42-49-36-9-4-5-10-37(36)60-42/h4-12,18,30,47,54-55H,13-17,19-28H2,1-3H3,(H,57,58)(H,49,51,56). The molecule has 4 fully saturated rings. The van der Waals surface area contributed by atoms with Crippen LogP contribution in [0.25, 0.3) is 21.3 Å². The highest BCUT2D eigenvalue weighted by atomic mass is 32.1. The minimum Gasteiger partial charge on any atom is -0.476 e. The van der Waals surface area contributed by atoms with E-state index < -0.39 is 5.97 Å². The van der Waals surface area contributed by atoms with Gasteiger partial charge >= 0.3 is 5.97 Å². The first-order valence-electron chi connectivity index (χ1n) is 21.2. The SMILES string of the molecule is Cc1c(-c2ccc(N3CCc4cccc(C(=O)Nc5nc6ccccc6s5)c4C3)nc2C(=O)O)cnn1CC12CC3(C)CC(C)(C1)CC(OCCNCC(CO)CO)(C3)C2. The molecule has 1 amide bonds. The van der Waals surface area contributed by atoms with Crippen molar-refractivity contribution in [3.63, 3.8) is 0 Å². The average Bonchev–Trinajstić information content (AvgIpc) is 3.78. The number of aromatic carboxylic acids is 1. The van der Waals surface area contributed by atoms with Crippen LogP contribution in [-0.4, -0.2) is 92.0 Å². The minimum atomic E-state index is -1.11. The minimum absolute atomic E-state index is 0.00889. The lowest BCUT2D eigenvalue weighted by Gasteiger charge is -2.69. The van der Waals surface area contributed by atoms with Gasteiger partial charge in [-0.25, -0.2) is 14.8 Å². The molecule has 4 aliphatic carbocycles. The number of pyridine rings is 1. The number of amides is 1. The molecule has 4 heterocycles. The van der Waals surface area contributed by atoms with E-state index >= 15 is 0 Å². The Morgan fingerprint density at radius 1 is 0.933 bits per heavy atom. The summed E-state index contributed by atoms with van der Waals surface area (Å²) in [5.41, 5.74) is 5.65. The van der Waals surface area contributed by atoms with Gasteiger partial charge in [-0.15, -0.1) is 0 Å². The van der Waals surface area contributed by atoms with Gasteiger partial charge in [0.25, 0.3) is 5.91 Å². The number of carbonyl (C=O) groups excluding carboxylic acids is 1. The van der Waals surface area contributed by atoms with E-state index in [1.165, 1.54) is 17.8 Å². The number of benzene rings is 2. The van der Waals surface area contributed by atoms with E-state index in [0.29, 0.717) is 61.3 Å². The molecule has 316 valence electrons. The molecule has 0 saturated heterocycles. The Hall–Kier alpha value is -4.73. The predicted molar refractivity (Wildman–Crippen MR) is 231 cm³/mol. The monoisotopic (exact) mass is 833 g/mol. The fourth-order valence-corrected chi connectivity index (χ4v) is 13.1. The first-order chi connectivity index (χ1) is 28.8. The summed E-state index contributed by atoms with van der Waals surface area (Å²) >= 11 is 1.44. The van der Waals surface area contributed by atoms with Crippen LogP contribution in [0.4, 0.5) is 10.9 Å². The number of thiazole rings is 1. The van der Waals surface area contributed by atoms with Crippen LogP contribution in [0.15, 0.2) is 60.8 Å². The number of anilines is 2. The first-order valence-corrected chi connectivity index (χ1v) is 22.0. The van der Waals surface area contributed by atoms with E-state index in [-0.39, 0.29) is 52.6 Å². The quantitative estimate of drug-likeness (QED) is 0.0710. The summed E-state index contributed by atoms with van der Waals surface area (Å²) < 4.78 is 9.93. The molecule has 1 aliphatic heterocycles.